The van der Waals surface area contributed by atoms with E-state index in [-0.39, 0.29) is 24.2 Å². The molecule has 4 heteroatoms. The minimum absolute atomic E-state index is 0.00599. The van der Waals surface area contributed by atoms with E-state index in [0.29, 0.717) is 6.54 Å². The van der Waals surface area contributed by atoms with Gasteiger partial charge in [0, 0.05) is 24.3 Å². The van der Waals surface area contributed by atoms with Crippen LogP contribution < -0.4 is 10.2 Å². The van der Waals surface area contributed by atoms with Crippen molar-refractivity contribution in [3.63, 3.8) is 0 Å². The van der Waals surface area contributed by atoms with Gasteiger partial charge in [0.1, 0.15) is 0 Å². The molecule has 0 saturated carbocycles. The fourth-order valence-corrected chi connectivity index (χ4v) is 2.84. The maximum Gasteiger partial charge on any atom is 0.229 e. The first kappa shape index (κ1) is 15.3. The van der Waals surface area contributed by atoms with Crippen molar-refractivity contribution in [3.05, 3.63) is 60.2 Å². The highest BCUT2D eigenvalue weighted by Gasteiger charge is 2.35. The summed E-state index contributed by atoms with van der Waals surface area (Å²) in [6.07, 6.45) is 1.18. The van der Waals surface area contributed by atoms with Gasteiger partial charge < -0.3 is 10.2 Å². The fraction of sp³-hybridized carbons (Fsp3) is 0.263. The Balaban J connectivity index is 1.70. The maximum absolute atomic E-state index is 12.4. The lowest BCUT2D eigenvalue weighted by molar-refractivity contribution is -0.122. The Labute approximate surface area is 136 Å². The van der Waals surface area contributed by atoms with Crippen molar-refractivity contribution in [2.45, 2.75) is 19.8 Å². The number of benzene rings is 2. The van der Waals surface area contributed by atoms with Crippen molar-refractivity contribution in [1.82, 2.24) is 0 Å². The monoisotopic (exact) mass is 308 g/mol. The highest BCUT2D eigenvalue weighted by Crippen LogP contribution is 2.26. The smallest absolute Gasteiger partial charge is 0.229 e. The van der Waals surface area contributed by atoms with Crippen LogP contribution in [0, 0.1) is 5.92 Å². The molecule has 0 spiro atoms. The quantitative estimate of drug-likeness (QED) is 0.942. The van der Waals surface area contributed by atoms with Gasteiger partial charge in [-0.15, -0.1) is 0 Å². The molecule has 2 aromatic carbocycles. The molecule has 2 amide bonds. The average Bonchev–Trinajstić information content (AvgIpc) is 2.98. The topological polar surface area (TPSA) is 49.4 Å². The van der Waals surface area contributed by atoms with Crippen molar-refractivity contribution < 1.29 is 9.59 Å². The summed E-state index contributed by atoms with van der Waals surface area (Å²) in [6, 6.07) is 17.3. The zero-order valence-electron chi connectivity index (χ0n) is 13.2. The van der Waals surface area contributed by atoms with Crippen LogP contribution in [0.1, 0.15) is 18.9 Å². The summed E-state index contributed by atoms with van der Waals surface area (Å²) >= 11 is 0. The lowest BCUT2D eigenvalue weighted by Crippen LogP contribution is -2.28. The lowest BCUT2D eigenvalue weighted by atomic mass is 10.1. The molecule has 23 heavy (non-hydrogen) atoms. The van der Waals surface area contributed by atoms with Crippen LogP contribution in [0.15, 0.2) is 54.6 Å². The van der Waals surface area contributed by atoms with Gasteiger partial charge in [-0.2, -0.15) is 0 Å². The normalized spacial score (nSPS) is 17.3. The third-order valence-electron chi connectivity index (χ3n) is 4.17. The van der Waals surface area contributed by atoms with Crippen LogP contribution in [-0.2, 0) is 16.0 Å². The van der Waals surface area contributed by atoms with E-state index in [1.165, 1.54) is 5.56 Å². The van der Waals surface area contributed by atoms with Crippen LogP contribution >= 0.6 is 0 Å². The summed E-state index contributed by atoms with van der Waals surface area (Å²) in [7, 11) is 0. The number of carbonyl (C=O) groups is 2. The zero-order chi connectivity index (χ0) is 16.2. The summed E-state index contributed by atoms with van der Waals surface area (Å²) in [5, 5.41) is 2.88. The van der Waals surface area contributed by atoms with E-state index in [4.69, 9.17) is 0 Å². The van der Waals surface area contributed by atoms with Crippen molar-refractivity contribution in [2.75, 3.05) is 16.8 Å². The first-order valence-corrected chi connectivity index (χ1v) is 7.92. The Kier molecular flexibility index (Phi) is 4.42. The average molecular weight is 308 g/mol. The molecule has 1 aliphatic rings. The molecule has 3 rings (SSSR count). The van der Waals surface area contributed by atoms with Crippen LogP contribution in [-0.4, -0.2) is 18.4 Å². The van der Waals surface area contributed by atoms with Crippen molar-refractivity contribution in [3.8, 4) is 0 Å². The second-order valence-corrected chi connectivity index (χ2v) is 5.78. The van der Waals surface area contributed by atoms with Gasteiger partial charge in [0.2, 0.25) is 11.8 Å². The molecule has 1 fully saturated rings. The van der Waals surface area contributed by atoms with Crippen molar-refractivity contribution in [2.24, 2.45) is 5.92 Å². The number of para-hydroxylation sites is 1. The highest BCUT2D eigenvalue weighted by atomic mass is 16.2. The molecular weight excluding hydrogens is 288 g/mol. The Morgan fingerprint density at radius 1 is 1.17 bits per heavy atom. The van der Waals surface area contributed by atoms with Gasteiger partial charge in [-0.05, 0) is 36.2 Å². The number of hydrogen-bond donors (Lipinski definition) is 1. The fourth-order valence-electron chi connectivity index (χ4n) is 2.84. The molecular formula is C19H20N2O2. The molecule has 1 N–H and O–H groups in total. The molecule has 4 nitrogen and oxygen atoms in total. The lowest BCUT2D eigenvalue weighted by Gasteiger charge is -2.17. The number of anilines is 2. The summed E-state index contributed by atoms with van der Waals surface area (Å²) in [4.78, 5) is 26.4. The second-order valence-electron chi connectivity index (χ2n) is 5.78. The molecule has 0 aromatic heterocycles. The zero-order valence-corrected chi connectivity index (χ0v) is 13.2. The molecule has 1 aliphatic heterocycles. The number of rotatable bonds is 4. The van der Waals surface area contributed by atoms with E-state index in [0.717, 1.165) is 17.8 Å². The van der Waals surface area contributed by atoms with Crippen LogP contribution in [0.25, 0.3) is 0 Å². The summed E-state index contributed by atoms with van der Waals surface area (Å²) in [5.41, 5.74) is 2.83. The minimum Gasteiger partial charge on any atom is -0.326 e. The Hall–Kier alpha value is -2.62. The van der Waals surface area contributed by atoms with Crippen LogP contribution in [0.2, 0.25) is 0 Å². The summed E-state index contributed by atoms with van der Waals surface area (Å²) < 4.78 is 0. The molecule has 1 saturated heterocycles. The van der Waals surface area contributed by atoms with E-state index in [2.05, 4.69) is 12.2 Å². The first-order valence-electron chi connectivity index (χ1n) is 7.92. The Bertz CT molecular complexity index is 712. The first-order chi connectivity index (χ1) is 11.2. The molecule has 0 unspecified atom stereocenters. The van der Waals surface area contributed by atoms with Gasteiger partial charge in [0.15, 0.2) is 0 Å². The Morgan fingerprint density at radius 3 is 2.70 bits per heavy atom. The molecule has 1 atom stereocenters. The van der Waals surface area contributed by atoms with E-state index < -0.39 is 0 Å². The van der Waals surface area contributed by atoms with E-state index in [9.17, 15) is 9.59 Å². The summed E-state index contributed by atoms with van der Waals surface area (Å²) in [5.74, 6) is -0.404. The molecule has 1 heterocycles. The molecule has 0 bridgehead atoms. The number of hydrogen-bond acceptors (Lipinski definition) is 2. The number of amides is 2. The third kappa shape index (κ3) is 3.42. The van der Waals surface area contributed by atoms with E-state index in [1.807, 2.05) is 54.6 Å². The Morgan fingerprint density at radius 2 is 1.96 bits per heavy atom. The molecule has 0 radical (unpaired) electrons. The predicted octanol–water partition coefficient (Wildman–Crippen LogP) is 3.24. The van der Waals surface area contributed by atoms with Crippen LogP contribution in [0.4, 0.5) is 11.4 Å². The molecule has 118 valence electrons. The van der Waals surface area contributed by atoms with Gasteiger partial charge >= 0.3 is 0 Å². The van der Waals surface area contributed by atoms with Gasteiger partial charge in [0.25, 0.3) is 0 Å². The molecule has 2 aromatic rings. The van der Waals surface area contributed by atoms with Crippen LogP contribution in [0.5, 0.6) is 0 Å². The highest BCUT2D eigenvalue weighted by molar-refractivity contribution is 6.03. The minimum atomic E-state index is -0.312. The number of aryl methyl sites for hydroxylation is 1. The van der Waals surface area contributed by atoms with Gasteiger partial charge in [-0.3, -0.25) is 9.59 Å². The van der Waals surface area contributed by atoms with Gasteiger partial charge in [-0.1, -0.05) is 37.3 Å². The standard InChI is InChI=1S/C19H20N2O2/c1-2-14-7-6-10-17(11-14)21-13-15(12-18(21)22)19(23)20-16-8-4-3-5-9-16/h3-11,15H,2,12-13H2,1H3,(H,20,23)/t15-/m0/s1. The number of nitrogens with zero attached hydrogens (tertiary/aromatic N) is 1. The summed E-state index contributed by atoms with van der Waals surface area (Å²) in [6.45, 7) is 2.52. The van der Waals surface area contributed by atoms with Crippen LogP contribution in [0.3, 0.4) is 0 Å². The van der Waals surface area contributed by atoms with E-state index >= 15 is 0 Å². The van der Waals surface area contributed by atoms with Crippen molar-refractivity contribution in [1.29, 1.82) is 0 Å². The number of nitrogens with one attached hydrogen (secondary N) is 1. The largest absolute Gasteiger partial charge is 0.326 e. The van der Waals surface area contributed by atoms with E-state index in [1.54, 1.807) is 4.90 Å². The predicted molar refractivity (Wildman–Crippen MR) is 91.4 cm³/mol. The molecule has 0 aliphatic carbocycles. The maximum atomic E-state index is 12.4. The SMILES string of the molecule is CCc1cccc(N2C[C@@H](C(=O)Nc3ccccc3)CC2=O)c1. The number of carbonyl (C=O) groups excluding carboxylic acids is 2. The second kappa shape index (κ2) is 6.65. The van der Waals surface area contributed by atoms with Crippen molar-refractivity contribution >= 4 is 23.2 Å². The van der Waals surface area contributed by atoms with Gasteiger partial charge in [0.05, 0.1) is 5.92 Å². The van der Waals surface area contributed by atoms with Gasteiger partial charge in [-0.25, -0.2) is 0 Å². The third-order valence-corrected chi connectivity index (χ3v) is 4.17.